The molecule has 0 fully saturated rings. The van der Waals surface area contributed by atoms with Crippen LogP contribution in [-0.2, 0) is 17.1 Å². The van der Waals surface area contributed by atoms with Crippen molar-refractivity contribution in [3.8, 4) is 23.7 Å². The van der Waals surface area contributed by atoms with Gasteiger partial charge in [0.2, 0.25) is 10.0 Å². The van der Waals surface area contributed by atoms with Crippen LogP contribution in [0.15, 0.2) is 29.3 Å². The van der Waals surface area contributed by atoms with Gasteiger partial charge in [-0.1, -0.05) is 6.07 Å². The number of rotatable bonds is 3. The van der Waals surface area contributed by atoms with E-state index in [1.165, 1.54) is 10.8 Å². The molecule has 0 spiro atoms. The van der Waals surface area contributed by atoms with Gasteiger partial charge in [0, 0.05) is 25.4 Å². The van der Waals surface area contributed by atoms with E-state index in [4.69, 9.17) is 10.00 Å². The van der Waals surface area contributed by atoms with Crippen molar-refractivity contribution in [1.29, 1.82) is 5.26 Å². The van der Waals surface area contributed by atoms with E-state index in [1.807, 2.05) is 0 Å². The maximum atomic E-state index is 12.9. The molecule has 0 saturated heterocycles. The Labute approximate surface area is 169 Å². The lowest BCUT2D eigenvalue weighted by molar-refractivity contribution is 0.101. The van der Waals surface area contributed by atoms with Crippen LogP contribution in [0, 0.1) is 30.1 Å². The van der Waals surface area contributed by atoms with Crippen molar-refractivity contribution in [3.05, 3.63) is 41.2 Å². The molecule has 1 aliphatic heterocycles. The summed E-state index contributed by atoms with van der Waals surface area (Å²) in [6.45, 7) is 3.52. The summed E-state index contributed by atoms with van der Waals surface area (Å²) in [6, 6.07) is 6.51. The fourth-order valence-electron chi connectivity index (χ4n) is 3.01. The normalized spacial score (nSPS) is 17.0. The van der Waals surface area contributed by atoms with Crippen LogP contribution in [0.2, 0.25) is 0 Å². The van der Waals surface area contributed by atoms with Crippen molar-refractivity contribution < 1.29 is 17.9 Å². The Hall–Kier alpha value is -3.27. The number of carbonyl (C=O) groups is 1. The number of hydrogen-bond donors (Lipinski definition) is 2. The lowest BCUT2D eigenvalue weighted by atomic mass is 10.1. The second kappa shape index (κ2) is 8.00. The molecule has 29 heavy (non-hydrogen) atoms. The van der Waals surface area contributed by atoms with Gasteiger partial charge < -0.3 is 14.6 Å². The number of ether oxygens (including phenoxy) is 1. The molecule has 1 aliphatic rings. The summed E-state index contributed by atoms with van der Waals surface area (Å²) in [7, 11) is -2.30. The number of amides is 1. The number of benzene rings is 1. The molecule has 2 heterocycles. The van der Waals surface area contributed by atoms with Crippen molar-refractivity contribution in [3.63, 3.8) is 0 Å². The van der Waals surface area contributed by atoms with E-state index >= 15 is 0 Å². The smallest absolute Gasteiger partial charge is 0.276 e. The van der Waals surface area contributed by atoms with E-state index in [9.17, 15) is 13.2 Å². The Kier molecular flexibility index (Phi) is 5.64. The molecule has 1 aromatic carbocycles. The van der Waals surface area contributed by atoms with Crippen molar-refractivity contribution >= 4 is 21.6 Å². The Morgan fingerprint density at radius 2 is 2.21 bits per heavy atom. The van der Waals surface area contributed by atoms with Crippen LogP contribution in [0.3, 0.4) is 0 Å². The van der Waals surface area contributed by atoms with Gasteiger partial charge in [0.05, 0.1) is 17.7 Å². The fraction of sp³-hybridized carbons (Fsp3) is 0.300. The molecule has 0 saturated carbocycles. The minimum Gasteiger partial charge on any atom is -0.488 e. The van der Waals surface area contributed by atoms with Gasteiger partial charge in [0.25, 0.3) is 5.91 Å². The monoisotopic (exact) mass is 412 g/mol. The van der Waals surface area contributed by atoms with Gasteiger partial charge in [0.1, 0.15) is 11.5 Å². The average Bonchev–Trinajstić information content (AvgIpc) is 2.96. The number of fused-ring (bicyclic) bond motifs is 1. The van der Waals surface area contributed by atoms with E-state index in [-0.39, 0.29) is 22.9 Å². The standard InChI is InChI=1S/C20H20N4O4S/c1-4-5-6-16-12-28-19-17(29(26,27)23-16)11-24(3)18(19)20(25)22-15-8-7-13(2)14(9-15)10-21/h7-9,11,16,23H,6,12H2,1-3H3,(H,22,25). The van der Waals surface area contributed by atoms with Gasteiger partial charge >= 0.3 is 0 Å². The number of nitriles is 1. The van der Waals surface area contributed by atoms with E-state index in [0.29, 0.717) is 17.7 Å². The minimum atomic E-state index is -3.87. The van der Waals surface area contributed by atoms with E-state index in [1.54, 1.807) is 39.1 Å². The Morgan fingerprint density at radius 1 is 1.45 bits per heavy atom. The molecule has 8 nitrogen and oxygen atoms in total. The third kappa shape index (κ3) is 4.11. The first-order valence-corrected chi connectivity index (χ1v) is 10.3. The molecule has 2 N–H and O–H groups in total. The highest BCUT2D eigenvalue weighted by atomic mass is 32.2. The predicted molar refractivity (Wildman–Crippen MR) is 107 cm³/mol. The molecular formula is C20H20N4O4S. The van der Waals surface area contributed by atoms with Gasteiger partial charge in [0.15, 0.2) is 11.4 Å². The van der Waals surface area contributed by atoms with Crippen LogP contribution in [0.25, 0.3) is 0 Å². The van der Waals surface area contributed by atoms with Crippen molar-refractivity contribution in [2.24, 2.45) is 7.05 Å². The van der Waals surface area contributed by atoms with Gasteiger partial charge in [-0.25, -0.2) is 13.1 Å². The molecule has 1 amide bonds. The first kappa shape index (κ1) is 20.5. The van der Waals surface area contributed by atoms with Crippen molar-refractivity contribution in [2.45, 2.75) is 31.2 Å². The molecule has 0 radical (unpaired) electrons. The molecule has 1 atom stereocenters. The minimum absolute atomic E-state index is 0.00271. The fourth-order valence-corrected chi connectivity index (χ4v) is 4.42. The largest absolute Gasteiger partial charge is 0.488 e. The van der Waals surface area contributed by atoms with Gasteiger partial charge in [-0.3, -0.25) is 4.79 Å². The zero-order chi connectivity index (χ0) is 21.2. The lowest BCUT2D eigenvalue weighted by Gasteiger charge is -2.13. The number of carbonyl (C=O) groups excluding carboxylic acids is 1. The molecule has 0 aliphatic carbocycles. The quantitative estimate of drug-likeness (QED) is 0.748. The summed E-state index contributed by atoms with van der Waals surface area (Å²) in [5.74, 6) is 5.02. The highest BCUT2D eigenvalue weighted by Crippen LogP contribution is 2.33. The van der Waals surface area contributed by atoms with E-state index < -0.39 is 22.0 Å². The first-order valence-electron chi connectivity index (χ1n) is 8.83. The summed E-state index contributed by atoms with van der Waals surface area (Å²) in [4.78, 5) is 12.8. The van der Waals surface area contributed by atoms with Gasteiger partial charge in [-0.15, -0.1) is 11.8 Å². The second-order valence-corrected chi connectivity index (χ2v) is 8.32. The Bertz CT molecular complexity index is 1180. The third-order valence-electron chi connectivity index (χ3n) is 4.50. The molecule has 1 unspecified atom stereocenters. The molecule has 1 aromatic heterocycles. The summed E-state index contributed by atoms with van der Waals surface area (Å²) in [5.41, 5.74) is 1.74. The molecule has 9 heteroatoms. The summed E-state index contributed by atoms with van der Waals surface area (Å²) < 4.78 is 35.1. The van der Waals surface area contributed by atoms with Crippen LogP contribution in [0.4, 0.5) is 5.69 Å². The molecule has 2 aromatic rings. The number of aryl methyl sites for hydroxylation is 2. The Morgan fingerprint density at radius 3 is 2.90 bits per heavy atom. The Balaban J connectivity index is 1.95. The number of anilines is 1. The number of sulfonamides is 1. The SMILES string of the molecule is CC#CCC1COc2c(cn(C)c2C(=O)Nc2ccc(C)c(C#N)c2)S(=O)(=O)N1. The van der Waals surface area contributed by atoms with Gasteiger partial charge in [-0.05, 0) is 31.5 Å². The lowest BCUT2D eigenvalue weighted by Crippen LogP contribution is -2.36. The summed E-state index contributed by atoms with van der Waals surface area (Å²) >= 11 is 0. The second-order valence-electron chi connectivity index (χ2n) is 6.64. The maximum absolute atomic E-state index is 12.9. The van der Waals surface area contributed by atoms with E-state index in [2.05, 4.69) is 27.9 Å². The summed E-state index contributed by atoms with van der Waals surface area (Å²) in [5, 5.41) is 11.9. The predicted octanol–water partition coefficient (Wildman–Crippen LogP) is 1.91. The van der Waals surface area contributed by atoms with Crippen molar-refractivity contribution in [2.75, 3.05) is 11.9 Å². The average molecular weight is 412 g/mol. The van der Waals surface area contributed by atoms with Crippen LogP contribution in [0.1, 0.15) is 35.0 Å². The number of aromatic nitrogens is 1. The molecule has 0 bridgehead atoms. The van der Waals surface area contributed by atoms with Crippen LogP contribution < -0.4 is 14.8 Å². The zero-order valence-electron chi connectivity index (χ0n) is 16.2. The van der Waals surface area contributed by atoms with Crippen LogP contribution in [0.5, 0.6) is 5.75 Å². The highest BCUT2D eigenvalue weighted by Gasteiger charge is 2.34. The number of nitrogens with zero attached hydrogens (tertiary/aromatic N) is 2. The number of nitrogens with one attached hydrogen (secondary N) is 2. The third-order valence-corrected chi connectivity index (χ3v) is 6.01. The van der Waals surface area contributed by atoms with Crippen LogP contribution >= 0.6 is 0 Å². The van der Waals surface area contributed by atoms with Crippen LogP contribution in [-0.4, -0.2) is 31.5 Å². The maximum Gasteiger partial charge on any atom is 0.276 e. The topological polar surface area (TPSA) is 113 Å². The number of hydrogen-bond acceptors (Lipinski definition) is 5. The first-order chi connectivity index (χ1) is 13.8. The zero-order valence-corrected chi connectivity index (χ0v) is 17.1. The molecule has 150 valence electrons. The molecular weight excluding hydrogens is 392 g/mol. The highest BCUT2D eigenvalue weighted by molar-refractivity contribution is 7.89. The molecule has 3 rings (SSSR count). The van der Waals surface area contributed by atoms with Gasteiger partial charge in [-0.2, -0.15) is 5.26 Å². The summed E-state index contributed by atoms with van der Waals surface area (Å²) in [6.07, 6.45) is 1.64. The van der Waals surface area contributed by atoms with E-state index in [0.717, 1.165) is 5.56 Å². The van der Waals surface area contributed by atoms with Crippen molar-refractivity contribution in [1.82, 2.24) is 9.29 Å².